The first-order valence-corrected chi connectivity index (χ1v) is 5.44. The van der Waals surface area contributed by atoms with Gasteiger partial charge in [-0.3, -0.25) is 5.10 Å². The predicted octanol–water partition coefficient (Wildman–Crippen LogP) is 0.570. The van der Waals surface area contributed by atoms with Crippen LogP contribution in [0.2, 0.25) is 0 Å². The molecule has 16 heavy (non-hydrogen) atoms. The van der Waals surface area contributed by atoms with E-state index in [1.807, 2.05) is 0 Å². The Balaban J connectivity index is 2.16. The van der Waals surface area contributed by atoms with Gasteiger partial charge in [-0.15, -0.1) is 0 Å². The molecule has 0 atom stereocenters. The van der Waals surface area contributed by atoms with Crippen LogP contribution in [0.1, 0.15) is 11.3 Å². The molecule has 0 radical (unpaired) electrons. The van der Waals surface area contributed by atoms with Gasteiger partial charge < -0.3 is 10.3 Å². The maximum absolute atomic E-state index is 5.27. The SMILES string of the molecule is S=c1nc(-c2ncn[nH]2)[nH]c2c1CNCC2. The molecule has 3 heterocycles. The minimum absolute atomic E-state index is 0.618. The smallest absolute Gasteiger partial charge is 0.191 e. The molecule has 2 aromatic rings. The maximum Gasteiger partial charge on any atom is 0.191 e. The first kappa shape index (κ1) is 9.61. The van der Waals surface area contributed by atoms with Crippen molar-refractivity contribution in [3.8, 4) is 11.6 Å². The molecule has 0 aliphatic carbocycles. The zero-order valence-corrected chi connectivity index (χ0v) is 9.27. The molecule has 3 N–H and O–H groups in total. The first-order chi connectivity index (χ1) is 7.84. The average molecular weight is 234 g/mol. The number of hydrogen-bond acceptors (Lipinski definition) is 5. The topological polar surface area (TPSA) is 82.3 Å². The van der Waals surface area contributed by atoms with Gasteiger partial charge in [0.1, 0.15) is 11.0 Å². The third-order valence-corrected chi connectivity index (χ3v) is 2.94. The van der Waals surface area contributed by atoms with Gasteiger partial charge in [-0.25, -0.2) is 9.97 Å². The van der Waals surface area contributed by atoms with Crippen LogP contribution in [-0.2, 0) is 13.0 Å². The summed E-state index contributed by atoms with van der Waals surface area (Å²) in [6.07, 6.45) is 2.39. The normalized spacial score (nSPS) is 14.8. The Morgan fingerprint density at radius 1 is 1.31 bits per heavy atom. The van der Waals surface area contributed by atoms with Gasteiger partial charge in [0, 0.05) is 30.8 Å². The van der Waals surface area contributed by atoms with Crippen LogP contribution in [0.15, 0.2) is 6.33 Å². The minimum atomic E-state index is 0.618. The van der Waals surface area contributed by atoms with Gasteiger partial charge in [0.15, 0.2) is 11.6 Å². The van der Waals surface area contributed by atoms with Crippen LogP contribution in [0.5, 0.6) is 0 Å². The molecule has 7 heteroatoms. The van der Waals surface area contributed by atoms with E-state index < -0.39 is 0 Å². The molecule has 0 saturated heterocycles. The molecule has 0 saturated carbocycles. The maximum atomic E-state index is 5.27. The monoisotopic (exact) mass is 234 g/mol. The van der Waals surface area contributed by atoms with Gasteiger partial charge in [-0.2, -0.15) is 5.10 Å². The molecule has 1 aliphatic heterocycles. The van der Waals surface area contributed by atoms with Crippen molar-refractivity contribution < 1.29 is 0 Å². The second-order valence-electron chi connectivity index (χ2n) is 3.61. The summed E-state index contributed by atoms with van der Waals surface area (Å²) in [5.74, 6) is 1.27. The Hall–Kier alpha value is -1.60. The van der Waals surface area contributed by atoms with Crippen LogP contribution >= 0.6 is 12.2 Å². The number of H-pyrrole nitrogens is 2. The standard InChI is InChI=1S/C9H10N6S/c16-9-5-3-10-2-1-6(5)13-8(14-9)7-11-4-12-15-7/h4,10H,1-3H2,(H,11,12,15)(H,13,14,16). The molecule has 0 amide bonds. The Morgan fingerprint density at radius 3 is 3.06 bits per heavy atom. The van der Waals surface area contributed by atoms with E-state index in [9.17, 15) is 0 Å². The van der Waals surface area contributed by atoms with Crippen molar-refractivity contribution in [2.45, 2.75) is 13.0 Å². The van der Waals surface area contributed by atoms with Crippen LogP contribution in [0.3, 0.4) is 0 Å². The van der Waals surface area contributed by atoms with Gasteiger partial charge in [0.25, 0.3) is 0 Å². The van der Waals surface area contributed by atoms with E-state index in [4.69, 9.17) is 12.2 Å². The Labute approximate surface area is 96.5 Å². The predicted molar refractivity (Wildman–Crippen MR) is 60.2 cm³/mol. The van der Waals surface area contributed by atoms with Gasteiger partial charge >= 0.3 is 0 Å². The summed E-state index contributed by atoms with van der Waals surface area (Å²) in [7, 11) is 0. The number of hydrogen-bond donors (Lipinski definition) is 3. The Morgan fingerprint density at radius 2 is 2.25 bits per heavy atom. The highest BCUT2D eigenvalue weighted by atomic mass is 32.1. The number of nitrogens with one attached hydrogen (secondary N) is 3. The third-order valence-electron chi connectivity index (χ3n) is 2.60. The highest BCUT2D eigenvalue weighted by Crippen LogP contribution is 2.16. The molecule has 1 aliphatic rings. The van der Waals surface area contributed by atoms with E-state index in [0.29, 0.717) is 16.3 Å². The summed E-state index contributed by atoms with van der Waals surface area (Å²) in [6, 6.07) is 0. The van der Waals surface area contributed by atoms with Crippen molar-refractivity contribution in [1.29, 1.82) is 0 Å². The van der Waals surface area contributed by atoms with Gasteiger partial charge in [-0.05, 0) is 0 Å². The van der Waals surface area contributed by atoms with Gasteiger partial charge in [-0.1, -0.05) is 12.2 Å². The number of aromatic nitrogens is 5. The fraction of sp³-hybridized carbons (Fsp3) is 0.333. The van der Waals surface area contributed by atoms with Gasteiger partial charge in [0.05, 0.1) is 0 Å². The summed E-state index contributed by atoms with van der Waals surface area (Å²) in [6.45, 7) is 1.74. The summed E-state index contributed by atoms with van der Waals surface area (Å²) >= 11 is 5.27. The number of aromatic amines is 2. The van der Waals surface area contributed by atoms with E-state index in [2.05, 4.69) is 30.5 Å². The number of fused-ring (bicyclic) bond motifs is 1. The van der Waals surface area contributed by atoms with Crippen molar-refractivity contribution in [2.75, 3.05) is 6.54 Å². The lowest BCUT2D eigenvalue weighted by Gasteiger charge is -2.16. The molecule has 0 fully saturated rings. The van der Waals surface area contributed by atoms with E-state index in [1.54, 1.807) is 0 Å². The zero-order valence-electron chi connectivity index (χ0n) is 8.45. The van der Waals surface area contributed by atoms with Crippen LogP contribution in [0, 0.1) is 4.64 Å². The molecule has 0 unspecified atom stereocenters. The molecule has 82 valence electrons. The molecular weight excluding hydrogens is 224 g/mol. The van der Waals surface area contributed by atoms with Gasteiger partial charge in [0.2, 0.25) is 0 Å². The number of rotatable bonds is 1. The molecule has 6 nitrogen and oxygen atoms in total. The summed E-state index contributed by atoms with van der Waals surface area (Å²) in [5.41, 5.74) is 2.23. The lowest BCUT2D eigenvalue weighted by Crippen LogP contribution is -2.25. The van der Waals surface area contributed by atoms with Crippen molar-refractivity contribution in [3.63, 3.8) is 0 Å². The number of nitrogens with zero attached hydrogens (tertiary/aromatic N) is 3. The Kier molecular flexibility index (Phi) is 2.26. The fourth-order valence-corrected chi connectivity index (χ4v) is 2.09. The third kappa shape index (κ3) is 1.54. The minimum Gasteiger partial charge on any atom is -0.340 e. The molecule has 2 aromatic heterocycles. The van der Waals surface area contributed by atoms with E-state index in [0.717, 1.165) is 30.8 Å². The summed E-state index contributed by atoms with van der Waals surface area (Å²) in [4.78, 5) is 11.6. The van der Waals surface area contributed by atoms with E-state index >= 15 is 0 Å². The van der Waals surface area contributed by atoms with Crippen LogP contribution in [-0.4, -0.2) is 31.7 Å². The molecule has 3 rings (SSSR count). The Bertz CT molecular complexity index is 558. The zero-order chi connectivity index (χ0) is 11.0. The quantitative estimate of drug-likeness (QED) is 0.628. The van der Waals surface area contributed by atoms with E-state index in [-0.39, 0.29) is 0 Å². The van der Waals surface area contributed by atoms with Crippen molar-refractivity contribution in [1.82, 2.24) is 30.5 Å². The van der Waals surface area contributed by atoms with Crippen LogP contribution in [0.25, 0.3) is 11.6 Å². The molecular formula is C9H10N6S. The lowest BCUT2D eigenvalue weighted by molar-refractivity contribution is 0.624. The second kappa shape index (κ2) is 3.76. The van der Waals surface area contributed by atoms with Crippen molar-refractivity contribution >= 4 is 12.2 Å². The largest absolute Gasteiger partial charge is 0.340 e. The van der Waals surface area contributed by atoms with Crippen LogP contribution in [0.4, 0.5) is 0 Å². The molecule has 0 spiro atoms. The van der Waals surface area contributed by atoms with Crippen molar-refractivity contribution in [2.24, 2.45) is 0 Å². The lowest BCUT2D eigenvalue weighted by atomic mass is 10.1. The average Bonchev–Trinajstić information content (AvgIpc) is 2.82. The highest BCUT2D eigenvalue weighted by Gasteiger charge is 2.14. The summed E-state index contributed by atoms with van der Waals surface area (Å²) in [5, 5.41) is 9.84. The highest BCUT2D eigenvalue weighted by molar-refractivity contribution is 7.71. The molecule has 0 bridgehead atoms. The fourth-order valence-electron chi connectivity index (χ4n) is 1.80. The van der Waals surface area contributed by atoms with Crippen LogP contribution < -0.4 is 5.32 Å². The first-order valence-electron chi connectivity index (χ1n) is 5.03. The molecule has 0 aromatic carbocycles. The summed E-state index contributed by atoms with van der Waals surface area (Å²) < 4.78 is 0.632. The van der Waals surface area contributed by atoms with Crippen molar-refractivity contribution in [3.05, 3.63) is 22.2 Å². The van der Waals surface area contributed by atoms with E-state index in [1.165, 1.54) is 6.33 Å². The second-order valence-corrected chi connectivity index (χ2v) is 4.00.